The molecule has 5 heteroatoms. The maximum absolute atomic E-state index is 5.45. The summed E-state index contributed by atoms with van der Waals surface area (Å²) in [6.45, 7) is 3.14. The second-order valence-electron chi connectivity index (χ2n) is 5.45. The van der Waals surface area contributed by atoms with Gasteiger partial charge in [0, 0.05) is 24.5 Å². The van der Waals surface area contributed by atoms with Crippen LogP contribution in [0.2, 0.25) is 0 Å². The molecule has 0 fully saturated rings. The Bertz CT molecular complexity index is 804. The Hall–Kier alpha value is -2.01. The summed E-state index contributed by atoms with van der Waals surface area (Å²) in [5.74, 6) is 0. The summed E-state index contributed by atoms with van der Waals surface area (Å²) < 4.78 is 2.87. The van der Waals surface area contributed by atoms with Crippen LogP contribution in [0, 0.1) is 4.77 Å². The Labute approximate surface area is 135 Å². The summed E-state index contributed by atoms with van der Waals surface area (Å²) in [5, 5.41) is 0. The summed E-state index contributed by atoms with van der Waals surface area (Å²) in [4.78, 5) is 12.1. The molecule has 22 heavy (non-hydrogen) atoms. The minimum Gasteiger partial charge on any atom is -0.329 e. The van der Waals surface area contributed by atoms with Gasteiger partial charge in [-0.3, -0.25) is 4.98 Å². The molecular weight excluding hydrogens is 292 g/mol. The largest absolute Gasteiger partial charge is 0.329 e. The average molecular weight is 312 g/mol. The minimum atomic E-state index is 0.755. The van der Waals surface area contributed by atoms with Gasteiger partial charge in [-0.25, -0.2) is 4.98 Å². The van der Waals surface area contributed by atoms with Gasteiger partial charge in [0.15, 0.2) is 10.4 Å². The van der Waals surface area contributed by atoms with E-state index in [1.165, 1.54) is 19.3 Å². The fourth-order valence-electron chi connectivity index (χ4n) is 2.62. The molecule has 1 N–H and O–H groups in total. The van der Waals surface area contributed by atoms with Crippen LogP contribution in [0.25, 0.3) is 22.4 Å². The highest BCUT2D eigenvalue weighted by Crippen LogP contribution is 2.20. The van der Waals surface area contributed by atoms with Gasteiger partial charge in [-0.05, 0) is 42.9 Å². The number of nitrogens with one attached hydrogen (secondary N) is 1. The first-order chi connectivity index (χ1) is 10.8. The number of imidazole rings is 1. The molecule has 0 saturated carbocycles. The van der Waals surface area contributed by atoms with E-state index < -0.39 is 0 Å². The Kier molecular flexibility index (Phi) is 4.63. The van der Waals surface area contributed by atoms with Gasteiger partial charge in [-0.2, -0.15) is 0 Å². The topological polar surface area (TPSA) is 46.5 Å². The summed E-state index contributed by atoms with van der Waals surface area (Å²) in [7, 11) is 0. The fraction of sp³-hybridized carbons (Fsp3) is 0.353. The number of nitrogens with zero attached hydrogens (tertiary/aromatic N) is 3. The zero-order valence-corrected chi connectivity index (χ0v) is 13.6. The standard InChI is InChI=1S/C17H20N4S/c1-2-3-4-5-12-21-16-15(20-17(21)22)7-6-14(19-16)13-8-10-18-11-9-13/h6-11H,2-5,12H2,1H3,(H,20,22). The molecule has 0 radical (unpaired) electrons. The van der Waals surface area contributed by atoms with E-state index in [2.05, 4.69) is 27.5 Å². The zero-order valence-electron chi connectivity index (χ0n) is 12.7. The van der Waals surface area contributed by atoms with Crippen molar-refractivity contribution in [3.8, 4) is 11.3 Å². The third-order valence-electron chi connectivity index (χ3n) is 3.83. The zero-order chi connectivity index (χ0) is 15.4. The lowest BCUT2D eigenvalue weighted by atomic mass is 10.2. The highest BCUT2D eigenvalue weighted by molar-refractivity contribution is 7.71. The van der Waals surface area contributed by atoms with Crippen molar-refractivity contribution >= 4 is 23.4 Å². The Morgan fingerprint density at radius 3 is 2.68 bits per heavy atom. The number of rotatable bonds is 6. The second-order valence-corrected chi connectivity index (χ2v) is 5.83. The molecule has 3 aromatic heterocycles. The number of unbranched alkanes of at least 4 members (excludes halogenated alkanes) is 3. The van der Waals surface area contributed by atoms with E-state index in [0.717, 1.165) is 40.2 Å². The number of pyridine rings is 2. The molecule has 4 nitrogen and oxygen atoms in total. The molecular formula is C17H20N4S. The van der Waals surface area contributed by atoms with Crippen LogP contribution in [0.15, 0.2) is 36.7 Å². The van der Waals surface area contributed by atoms with Gasteiger partial charge in [0.05, 0.1) is 11.2 Å². The summed E-state index contributed by atoms with van der Waals surface area (Å²) in [6.07, 6.45) is 8.45. The molecule has 0 saturated heterocycles. The van der Waals surface area contributed by atoms with Crippen LogP contribution >= 0.6 is 12.2 Å². The van der Waals surface area contributed by atoms with Gasteiger partial charge in [0.25, 0.3) is 0 Å². The monoisotopic (exact) mass is 312 g/mol. The Balaban J connectivity index is 1.94. The van der Waals surface area contributed by atoms with Crippen molar-refractivity contribution in [1.82, 2.24) is 19.5 Å². The first kappa shape index (κ1) is 14.9. The quantitative estimate of drug-likeness (QED) is 0.528. The van der Waals surface area contributed by atoms with Crippen LogP contribution in [0.1, 0.15) is 32.6 Å². The highest BCUT2D eigenvalue weighted by atomic mass is 32.1. The predicted octanol–water partition coefficient (Wildman–Crippen LogP) is 4.74. The molecule has 0 atom stereocenters. The maximum atomic E-state index is 5.45. The van der Waals surface area contributed by atoms with E-state index in [1.54, 1.807) is 12.4 Å². The number of aromatic amines is 1. The molecule has 0 aliphatic carbocycles. The summed E-state index contributed by atoms with van der Waals surface area (Å²) in [6, 6.07) is 8.02. The lowest BCUT2D eigenvalue weighted by Crippen LogP contribution is -2.00. The molecule has 0 aliphatic rings. The fourth-order valence-corrected chi connectivity index (χ4v) is 2.91. The third-order valence-corrected chi connectivity index (χ3v) is 4.15. The number of hydrogen-bond acceptors (Lipinski definition) is 3. The van der Waals surface area contributed by atoms with E-state index >= 15 is 0 Å². The van der Waals surface area contributed by atoms with Gasteiger partial charge < -0.3 is 9.55 Å². The van der Waals surface area contributed by atoms with Crippen LogP contribution in [0.3, 0.4) is 0 Å². The Morgan fingerprint density at radius 1 is 1.09 bits per heavy atom. The summed E-state index contributed by atoms with van der Waals surface area (Å²) >= 11 is 5.45. The molecule has 0 spiro atoms. The van der Waals surface area contributed by atoms with Crippen LogP contribution in [-0.4, -0.2) is 19.5 Å². The molecule has 3 aromatic rings. The van der Waals surface area contributed by atoms with E-state index in [0.29, 0.717) is 0 Å². The van der Waals surface area contributed by atoms with Crippen molar-refractivity contribution in [3.05, 3.63) is 41.4 Å². The lowest BCUT2D eigenvalue weighted by Gasteiger charge is -2.05. The van der Waals surface area contributed by atoms with E-state index in [1.807, 2.05) is 18.2 Å². The van der Waals surface area contributed by atoms with Crippen molar-refractivity contribution in [2.45, 2.75) is 39.2 Å². The van der Waals surface area contributed by atoms with Crippen molar-refractivity contribution in [3.63, 3.8) is 0 Å². The van der Waals surface area contributed by atoms with E-state index in [4.69, 9.17) is 17.2 Å². The first-order valence-corrected chi connectivity index (χ1v) is 8.20. The number of hydrogen-bond donors (Lipinski definition) is 1. The maximum Gasteiger partial charge on any atom is 0.179 e. The Morgan fingerprint density at radius 2 is 1.91 bits per heavy atom. The predicted molar refractivity (Wildman–Crippen MR) is 92.3 cm³/mol. The van der Waals surface area contributed by atoms with Gasteiger partial charge >= 0.3 is 0 Å². The smallest absolute Gasteiger partial charge is 0.179 e. The van der Waals surface area contributed by atoms with Gasteiger partial charge in [0.2, 0.25) is 0 Å². The van der Waals surface area contributed by atoms with Crippen molar-refractivity contribution < 1.29 is 0 Å². The number of aryl methyl sites for hydroxylation is 1. The van der Waals surface area contributed by atoms with Crippen molar-refractivity contribution in [2.75, 3.05) is 0 Å². The van der Waals surface area contributed by atoms with E-state index in [9.17, 15) is 0 Å². The normalized spacial score (nSPS) is 11.1. The minimum absolute atomic E-state index is 0.755. The number of aromatic nitrogens is 4. The van der Waals surface area contributed by atoms with Crippen LogP contribution in [0.4, 0.5) is 0 Å². The molecule has 3 rings (SSSR count). The molecule has 0 bridgehead atoms. The van der Waals surface area contributed by atoms with Crippen molar-refractivity contribution in [2.24, 2.45) is 0 Å². The molecule has 0 unspecified atom stereocenters. The molecule has 114 valence electrons. The summed E-state index contributed by atoms with van der Waals surface area (Å²) in [5.41, 5.74) is 3.96. The van der Waals surface area contributed by atoms with Gasteiger partial charge in [-0.1, -0.05) is 26.2 Å². The number of H-pyrrole nitrogens is 1. The lowest BCUT2D eigenvalue weighted by molar-refractivity contribution is 0.585. The third kappa shape index (κ3) is 3.09. The molecule has 0 amide bonds. The van der Waals surface area contributed by atoms with Crippen molar-refractivity contribution in [1.29, 1.82) is 0 Å². The van der Waals surface area contributed by atoms with Gasteiger partial charge in [0.1, 0.15) is 0 Å². The molecule has 0 aliphatic heterocycles. The number of fused-ring (bicyclic) bond motifs is 1. The van der Waals surface area contributed by atoms with Gasteiger partial charge in [-0.15, -0.1) is 0 Å². The molecule has 3 heterocycles. The highest BCUT2D eigenvalue weighted by Gasteiger charge is 2.08. The average Bonchev–Trinajstić information content (AvgIpc) is 2.87. The first-order valence-electron chi connectivity index (χ1n) is 7.79. The SMILES string of the molecule is CCCCCCn1c(=S)[nH]c2ccc(-c3ccncc3)nc21. The molecule has 0 aromatic carbocycles. The van der Waals surface area contributed by atoms with Crippen LogP contribution in [0.5, 0.6) is 0 Å². The second kappa shape index (κ2) is 6.83. The van der Waals surface area contributed by atoms with Crippen LogP contribution < -0.4 is 0 Å². The van der Waals surface area contributed by atoms with E-state index in [-0.39, 0.29) is 0 Å². The van der Waals surface area contributed by atoms with Crippen LogP contribution in [-0.2, 0) is 6.54 Å².